The van der Waals surface area contributed by atoms with Crippen molar-refractivity contribution in [3.05, 3.63) is 46.6 Å². The molecule has 27 heavy (non-hydrogen) atoms. The minimum Gasteiger partial charge on any atom is -0.385 e. The molecule has 1 fully saturated rings. The summed E-state index contributed by atoms with van der Waals surface area (Å²) in [7, 11) is 1.71. The minimum absolute atomic E-state index is 0.0742. The number of imidazole rings is 1. The highest BCUT2D eigenvalue weighted by molar-refractivity contribution is 7.15. The van der Waals surface area contributed by atoms with Crippen LogP contribution in [0.1, 0.15) is 36.2 Å². The molecule has 0 saturated carbocycles. The lowest BCUT2D eigenvalue weighted by molar-refractivity contribution is 0.0546. The molecule has 1 aromatic carbocycles. The molecule has 4 rings (SSSR count). The molecule has 0 aliphatic carbocycles. The summed E-state index contributed by atoms with van der Waals surface area (Å²) < 4.78 is 7.13. The Hall–Kier alpha value is -1.89. The first-order valence-corrected chi connectivity index (χ1v) is 10.5. The molecule has 0 bridgehead atoms. The molecule has 0 spiro atoms. The monoisotopic (exact) mass is 403 g/mol. The van der Waals surface area contributed by atoms with Crippen LogP contribution in [0.5, 0.6) is 0 Å². The number of amides is 1. The highest BCUT2D eigenvalue weighted by Crippen LogP contribution is 2.30. The summed E-state index contributed by atoms with van der Waals surface area (Å²) in [6.45, 7) is 1.48. The zero-order valence-corrected chi connectivity index (χ0v) is 16.8. The van der Waals surface area contributed by atoms with Gasteiger partial charge in [0.05, 0.1) is 10.7 Å². The Kier molecular flexibility index (Phi) is 5.48. The largest absolute Gasteiger partial charge is 0.385 e. The Bertz CT molecular complexity index is 952. The van der Waals surface area contributed by atoms with Crippen LogP contribution in [0.4, 0.5) is 0 Å². The smallest absolute Gasteiger partial charge is 0.271 e. The van der Waals surface area contributed by atoms with E-state index >= 15 is 0 Å². The van der Waals surface area contributed by atoms with E-state index in [1.54, 1.807) is 7.11 Å². The summed E-state index contributed by atoms with van der Waals surface area (Å²) in [5.41, 5.74) is 2.34. The van der Waals surface area contributed by atoms with Crippen molar-refractivity contribution in [3.8, 4) is 11.3 Å². The van der Waals surface area contributed by atoms with Crippen molar-refractivity contribution in [3.63, 3.8) is 0 Å². The maximum Gasteiger partial charge on any atom is 0.271 e. The summed E-state index contributed by atoms with van der Waals surface area (Å²) >= 11 is 7.80. The molecule has 3 heterocycles. The van der Waals surface area contributed by atoms with E-state index in [1.807, 2.05) is 45.1 Å². The predicted molar refractivity (Wildman–Crippen MR) is 109 cm³/mol. The molecule has 1 aliphatic heterocycles. The Morgan fingerprint density at radius 3 is 3.04 bits per heavy atom. The molecular formula is C20H22ClN3O2S. The van der Waals surface area contributed by atoms with Crippen molar-refractivity contribution in [1.29, 1.82) is 0 Å². The van der Waals surface area contributed by atoms with Crippen LogP contribution in [0, 0.1) is 0 Å². The summed E-state index contributed by atoms with van der Waals surface area (Å²) in [6, 6.07) is 7.88. The number of benzene rings is 1. The van der Waals surface area contributed by atoms with Gasteiger partial charge in [-0.15, -0.1) is 11.3 Å². The van der Waals surface area contributed by atoms with Gasteiger partial charge in [0.25, 0.3) is 5.91 Å². The second kappa shape index (κ2) is 8.00. The van der Waals surface area contributed by atoms with E-state index in [9.17, 15) is 4.79 Å². The van der Waals surface area contributed by atoms with Crippen molar-refractivity contribution < 1.29 is 9.53 Å². The molecule has 1 aliphatic rings. The van der Waals surface area contributed by atoms with E-state index in [0.717, 1.165) is 42.0 Å². The zero-order chi connectivity index (χ0) is 18.8. The lowest BCUT2D eigenvalue weighted by Gasteiger charge is -2.35. The van der Waals surface area contributed by atoms with Crippen molar-refractivity contribution in [2.24, 2.45) is 0 Å². The molecular weight excluding hydrogens is 382 g/mol. The standard InChI is InChI=1S/C20H22ClN3O2S/c1-26-11-9-14-6-4-5-10-23(14)19(25)18-13-27-20-22-17(12-24(18)20)15-7-2-3-8-16(15)21/h2-3,7-8,12-14H,4-6,9-11H2,1H3/t14-/m1/s1. The number of thiazole rings is 1. The number of fused-ring (bicyclic) bond motifs is 1. The fourth-order valence-corrected chi connectivity index (χ4v) is 4.79. The van der Waals surface area contributed by atoms with Crippen LogP contribution in [0.2, 0.25) is 5.02 Å². The summed E-state index contributed by atoms with van der Waals surface area (Å²) in [5, 5.41) is 2.56. The number of rotatable bonds is 5. The molecule has 1 amide bonds. The highest BCUT2D eigenvalue weighted by atomic mass is 35.5. The quantitative estimate of drug-likeness (QED) is 0.617. The minimum atomic E-state index is 0.0742. The van der Waals surface area contributed by atoms with Crippen molar-refractivity contribution >= 4 is 33.8 Å². The molecule has 5 nitrogen and oxygen atoms in total. The number of ether oxygens (including phenoxy) is 1. The van der Waals surface area contributed by atoms with Gasteiger partial charge in [-0.05, 0) is 31.7 Å². The van der Waals surface area contributed by atoms with E-state index in [0.29, 0.717) is 17.3 Å². The zero-order valence-electron chi connectivity index (χ0n) is 15.2. The topological polar surface area (TPSA) is 46.8 Å². The Labute approximate surface area is 167 Å². The molecule has 7 heteroatoms. The average molecular weight is 404 g/mol. The second-order valence-electron chi connectivity index (χ2n) is 6.81. The Morgan fingerprint density at radius 2 is 2.22 bits per heavy atom. The van der Waals surface area contributed by atoms with Gasteiger partial charge in [-0.25, -0.2) is 4.98 Å². The molecule has 1 atom stereocenters. The highest BCUT2D eigenvalue weighted by Gasteiger charge is 2.29. The first kappa shape index (κ1) is 18.5. The lowest BCUT2D eigenvalue weighted by Crippen LogP contribution is -2.44. The van der Waals surface area contributed by atoms with Gasteiger partial charge >= 0.3 is 0 Å². The van der Waals surface area contributed by atoms with Crippen LogP contribution in [0.25, 0.3) is 16.2 Å². The van der Waals surface area contributed by atoms with Gasteiger partial charge in [0.2, 0.25) is 0 Å². The maximum atomic E-state index is 13.3. The summed E-state index contributed by atoms with van der Waals surface area (Å²) in [6.07, 6.45) is 6.05. The van der Waals surface area contributed by atoms with E-state index in [1.165, 1.54) is 17.8 Å². The SMILES string of the molecule is COCC[C@H]1CCCCN1C(=O)c1csc2nc(-c3ccccc3Cl)cn12. The maximum absolute atomic E-state index is 13.3. The van der Waals surface area contributed by atoms with Crippen molar-refractivity contribution in [2.75, 3.05) is 20.3 Å². The number of piperidine rings is 1. The third-order valence-corrected chi connectivity index (χ3v) is 6.29. The lowest BCUT2D eigenvalue weighted by atomic mass is 9.99. The van der Waals surface area contributed by atoms with Gasteiger partial charge in [-0.1, -0.05) is 29.8 Å². The third-order valence-electron chi connectivity index (χ3n) is 5.12. The molecule has 1 saturated heterocycles. The van der Waals surface area contributed by atoms with Crippen LogP contribution < -0.4 is 0 Å². The first-order valence-electron chi connectivity index (χ1n) is 9.20. The number of likely N-dealkylation sites (tertiary alicyclic amines) is 1. The number of methoxy groups -OCH3 is 1. The molecule has 0 radical (unpaired) electrons. The number of carbonyl (C=O) groups is 1. The van der Waals surface area contributed by atoms with Gasteiger partial charge in [0.15, 0.2) is 4.96 Å². The molecule has 2 aromatic heterocycles. The van der Waals surface area contributed by atoms with Crippen LogP contribution in [-0.4, -0.2) is 46.5 Å². The van der Waals surface area contributed by atoms with E-state index in [2.05, 4.69) is 4.98 Å². The number of hydrogen-bond donors (Lipinski definition) is 0. The number of halogens is 1. The average Bonchev–Trinajstić information content (AvgIpc) is 3.27. The molecule has 3 aromatic rings. The van der Waals surface area contributed by atoms with Crippen LogP contribution in [-0.2, 0) is 4.74 Å². The fraction of sp³-hybridized carbons (Fsp3) is 0.400. The van der Waals surface area contributed by atoms with E-state index in [-0.39, 0.29) is 11.9 Å². The van der Waals surface area contributed by atoms with E-state index in [4.69, 9.17) is 16.3 Å². The molecule has 142 valence electrons. The van der Waals surface area contributed by atoms with Crippen molar-refractivity contribution in [2.45, 2.75) is 31.7 Å². The van der Waals surface area contributed by atoms with Gasteiger partial charge in [0, 0.05) is 43.4 Å². The molecule has 0 unspecified atom stereocenters. The van der Waals surface area contributed by atoms with Gasteiger partial charge in [-0.3, -0.25) is 9.20 Å². The predicted octanol–water partition coefficient (Wildman–Crippen LogP) is 4.75. The van der Waals surface area contributed by atoms with Crippen LogP contribution >= 0.6 is 22.9 Å². The number of nitrogens with zero attached hydrogens (tertiary/aromatic N) is 3. The second-order valence-corrected chi connectivity index (χ2v) is 8.05. The van der Waals surface area contributed by atoms with Crippen molar-refractivity contribution in [1.82, 2.24) is 14.3 Å². The summed E-state index contributed by atoms with van der Waals surface area (Å²) in [5.74, 6) is 0.0742. The number of aromatic nitrogens is 2. The molecule has 0 N–H and O–H groups in total. The Balaban J connectivity index is 1.65. The third kappa shape index (κ3) is 3.61. The summed E-state index contributed by atoms with van der Waals surface area (Å²) in [4.78, 5) is 20.8. The van der Waals surface area contributed by atoms with Crippen LogP contribution in [0.15, 0.2) is 35.8 Å². The number of hydrogen-bond acceptors (Lipinski definition) is 4. The fourth-order valence-electron chi connectivity index (χ4n) is 3.71. The first-order chi connectivity index (χ1) is 13.2. The van der Waals surface area contributed by atoms with Crippen LogP contribution in [0.3, 0.4) is 0 Å². The van der Waals surface area contributed by atoms with Gasteiger partial charge < -0.3 is 9.64 Å². The normalized spacial score (nSPS) is 17.6. The number of carbonyl (C=O) groups excluding carboxylic acids is 1. The van der Waals surface area contributed by atoms with Gasteiger partial charge in [-0.2, -0.15) is 0 Å². The Morgan fingerprint density at radius 1 is 1.37 bits per heavy atom. The van der Waals surface area contributed by atoms with Gasteiger partial charge in [0.1, 0.15) is 5.69 Å². The van der Waals surface area contributed by atoms with E-state index < -0.39 is 0 Å².